The van der Waals surface area contributed by atoms with Crippen LogP contribution >= 0.6 is 0 Å². The van der Waals surface area contributed by atoms with Crippen molar-refractivity contribution >= 4 is 11.7 Å². The molecule has 0 spiro atoms. The average Bonchev–Trinajstić information content (AvgIpc) is 3.11. The smallest absolute Gasteiger partial charge is 0.239 e. The first kappa shape index (κ1) is 19.7. The Morgan fingerprint density at radius 1 is 1.21 bits per heavy atom. The molecule has 8 heteroatoms. The van der Waals surface area contributed by atoms with Crippen molar-refractivity contribution in [3.05, 3.63) is 53.0 Å². The number of carbonyl (C=O) groups is 1. The molecule has 1 saturated heterocycles. The summed E-state index contributed by atoms with van der Waals surface area (Å²) in [6, 6.07) is 2.83. The minimum atomic E-state index is -0.928. The standard InChI is InChI=1S/C21H25F2N5O/c1-13-2-5-18-19(13)20(26-12-25-18)27-6-8-28(9-7-27)21(29)17(24)11-14-3-4-15(22)16(23)10-14/h3-4,10,12-13,17H,2,5-9,11,24H2,1H3/t13?,17-/m1/s1. The van der Waals surface area contributed by atoms with Gasteiger partial charge in [-0.25, -0.2) is 18.7 Å². The van der Waals surface area contributed by atoms with Crippen molar-refractivity contribution in [1.82, 2.24) is 14.9 Å². The van der Waals surface area contributed by atoms with Crippen LogP contribution in [0.3, 0.4) is 0 Å². The molecule has 1 aliphatic carbocycles. The number of aryl methyl sites for hydroxylation is 1. The first-order valence-electron chi connectivity index (χ1n) is 10.0. The SMILES string of the molecule is CC1CCc2ncnc(N3CCN(C(=O)[C@H](N)Cc4ccc(F)c(F)c4)CC3)c21. The molecule has 1 amide bonds. The highest BCUT2D eigenvalue weighted by molar-refractivity contribution is 5.82. The molecule has 4 rings (SSSR count). The van der Waals surface area contributed by atoms with Crippen LogP contribution in [0.4, 0.5) is 14.6 Å². The fraction of sp³-hybridized carbons (Fsp3) is 0.476. The molecule has 2 aromatic rings. The molecule has 0 radical (unpaired) electrons. The lowest BCUT2D eigenvalue weighted by atomic mass is 10.0. The molecule has 2 N–H and O–H groups in total. The number of fused-ring (bicyclic) bond motifs is 1. The van der Waals surface area contributed by atoms with Crippen molar-refractivity contribution in [3.63, 3.8) is 0 Å². The van der Waals surface area contributed by atoms with Gasteiger partial charge in [0.05, 0.1) is 6.04 Å². The fourth-order valence-corrected chi connectivity index (χ4v) is 4.26. The summed E-state index contributed by atoms with van der Waals surface area (Å²) in [6.07, 6.45) is 3.89. The molecule has 1 aromatic heterocycles. The van der Waals surface area contributed by atoms with Crippen LogP contribution in [0.5, 0.6) is 0 Å². The number of aromatic nitrogens is 2. The number of nitrogens with zero attached hydrogens (tertiary/aromatic N) is 4. The van der Waals surface area contributed by atoms with Gasteiger partial charge < -0.3 is 15.5 Å². The van der Waals surface area contributed by atoms with Crippen LogP contribution in [0.1, 0.15) is 36.1 Å². The Hall–Kier alpha value is -2.61. The van der Waals surface area contributed by atoms with Crippen LogP contribution < -0.4 is 10.6 Å². The predicted octanol–water partition coefficient (Wildman–Crippen LogP) is 2.02. The molecule has 154 valence electrons. The number of halogens is 2. The molecular formula is C21H25F2N5O. The van der Waals surface area contributed by atoms with E-state index >= 15 is 0 Å². The molecule has 1 aromatic carbocycles. The quantitative estimate of drug-likeness (QED) is 0.849. The van der Waals surface area contributed by atoms with Gasteiger partial charge in [0, 0.05) is 37.4 Å². The molecule has 1 unspecified atom stereocenters. The third-order valence-corrected chi connectivity index (χ3v) is 5.90. The maximum atomic E-state index is 13.4. The normalized spacial score (nSPS) is 19.9. The number of nitrogens with two attached hydrogens (primary N) is 1. The summed E-state index contributed by atoms with van der Waals surface area (Å²) in [7, 11) is 0. The predicted molar refractivity (Wildman–Crippen MR) is 106 cm³/mol. The zero-order valence-electron chi connectivity index (χ0n) is 16.4. The highest BCUT2D eigenvalue weighted by Crippen LogP contribution is 2.37. The zero-order chi connectivity index (χ0) is 20.5. The van der Waals surface area contributed by atoms with Crippen LogP contribution in [0.2, 0.25) is 0 Å². The highest BCUT2D eigenvalue weighted by atomic mass is 19.2. The summed E-state index contributed by atoms with van der Waals surface area (Å²) in [4.78, 5) is 25.6. The van der Waals surface area contributed by atoms with E-state index in [1.807, 2.05) is 0 Å². The van der Waals surface area contributed by atoms with Gasteiger partial charge in [-0.05, 0) is 42.9 Å². The largest absolute Gasteiger partial charge is 0.353 e. The van der Waals surface area contributed by atoms with E-state index in [0.717, 1.165) is 36.5 Å². The number of benzene rings is 1. The van der Waals surface area contributed by atoms with E-state index in [4.69, 9.17) is 5.73 Å². The Bertz CT molecular complexity index is 914. The zero-order valence-corrected chi connectivity index (χ0v) is 16.4. The van der Waals surface area contributed by atoms with Gasteiger partial charge >= 0.3 is 0 Å². The molecule has 2 atom stereocenters. The third kappa shape index (κ3) is 3.94. The van der Waals surface area contributed by atoms with Gasteiger partial charge in [-0.3, -0.25) is 4.79 Å². The monoisotopic (exact) mass is 401 g/mol. The lowest BCUT2D eigenvalue weighted by Gasteiger charge is -2.37. The summed E-state index contributed by atoms with van der Waals surface area (Å²) < 4.78 is 26.5. The molecule has 2 heterocycles. The van der Waals surface area contributed by atoms with E-state index in [2.05, 4.69) is 21.8 Å². The number of carbonyl (C=O) groups excluding carboxylic acids is 1. The van der Waals surface area contributed by atoms with Crippen LogP contribution in [0, 0.1) is 11.6 Å². The van der Waals surface area contributed by atoms with Crippen molar-refractivity contribution in [2.45, 2.75) is 38.1 Å². The fourth-order valence-electron chi connectivity index (χ4n) is 4.26. The second-order valence-electron chi connectivity index (χ2n) is 7.87. The summed E-state index contributed by atoms with van der Waals surface area (Å²) in [5, 5.41) is 0. The third-order valence-electron chi connectivity index (χ3n) is 5.90. The summed E-state index contributed by atoms with van der Waals surface area (Å²) in [5.41, 5.74) is 8.94. The summed E-state index contributed by atoms with van der Waals surface area (Å²) >= 11 is 0. The van der Waals surface area contributed by atoms with Gasteiger partial charge in [0.2, 0.25) is 5.91 Å². The number of amides is 1. The lowest BCUT2D eigenvalue weighted by molar-refractivity contribution is -0.132. The van der Waals surface area contributed by atoms with Crippen molar-refractivity contribution in [1.29, 1.82) is 0 Å². The maximum Gasteiger partial charge on any atom is 0.239 e. The van der Waals surface area contributed by atoms with Gasteiger partial charge in [-0.1, -0.05) is 13.0 Å². The minimum Gasteiger partial charge on any atom is -0.353 e. The van der Waals surface area contributed by atoms with Gasteiger partial charge in [-0.15, -0.1) is 0 Å². The molecule has 1 aliphatic heterocycles. The molecule has 0 bridgehead atoms. The van der Waals surface area contributed by atoms with Crippen LogP contribution in [0.15, 0.2) is 24.5 Å². The van der Waals surface area contributed by atoms with Gasteiger partial charge in [-0.2, -0.15) is 0 Å². The van der Waals surface area contributed by atoms with E-state index in [-0.39, 0.29) is 12.3 Å². The Morgan fingerprint density at radius 3 is 2.69 bits per heavy atom. The van der Waals surface area contributed by atoms with Crippen LogP contribution in [-0.2, 0) is 17.6 Å². The number of piperazine rings is 1. The van der Waals surface area contributed by atoms with E-state index < -0.39 is 17.7 Å². The Balaban J connectivity index is 1.38. The molecule has 6 nitrogen and oxygen atoms in total. The second kappa shape index (κ2) is 8.02. The van der Waals surface area contributed by atoms with Crippen LogP contribution in [0.25, 0.3) is 0 Å². The van der Waals surface area contributed by atoms with E-state index in [1.165, 1.54) is 11.6 Å². The van der Waals surface area contributed by atoms with Crippen molar-refractivity contribution in [3.8, 4) is 0 Å². The lowest BCUT2D eigenvalue weighted by Crippen LogP contribution is -2.54. The molecular weight excluding hydrogens is 376 g/mol. The molecule has 1 fully saturated rings. The van der Waals surface area contributed by atoms with E-state index in [0.29, 0.717) is 37.7 Å². The van der Waals surface area contributed by atoms with Crippen molar-refractivity contribution in [2.75, 3.05) is 31.1 Å². The Morgan fingerprint density at radius 2 is 1.97 bits per heavy atom. The minimum absolute atomic E-state index is 0.171. The topological polar surface area (TPSA) is 75.4 Å². The van der Waals surface area contributed by atoms with E-state index in [1.54, 1.807) is 11.2 Å². The highest BCUT2D eigenvalue weighted by Gasteiger charge is 2.30. The van der Waals surface area contributed by atoms with E-state index in [9.17, 15) is 13.6 Å². The van der Waals surface area contributed by atoms with Gasteiger partial charge in [0.25, 0.3) is 0 Å². The maximum absolute atomic E-state index is 13.4. The molecule has 2 aliphatic rings. The first-order chi connectivity index (χ1) is 13.9. The Kier molecular flexibility index (Phi) is 5.45. The molecule has 29 heavy (non-hydrogen) atoms. The van der Waals surface area contributed by atoms with Crippen molar-refractivity contribution < 1.29 is 13.6 Å². The number of hydrogen-bond acceptors (Lipinski definition) is 5. The van der Waals surface area contributed by atoms with Gasteiger partial charge in [0.15, 0.2) is 11.6 Å². The number of hydrogen-bond donors (Lipinski definition) is 1. The molecule has 0 saturated carbocycles. The second-order valence-corrected chi connectivity index (χ2v) is 7.87. The number of rotatable bonds is 4. The Labute approximate surface area is 168 Å². The van der Waals surface area contributed by atoms with Crippen molar-refractivity contribution in [2.24, 2.45) is 5.73 Å². The first-order valence-corrected chi connectivity index (χ1v) is 10.0. The van der Waals surface area contributed by atoms with Crippen LogP contribution in [-0.4, -0.2) is 53.0 Å². The summed E-state index contributed by atoms with van der Waals surface area (Å²) in [6.45, 7) is 4.67. The summed E-state index contributed by atoms with van der Waals surface area (Å²) in [5.74, 6) is -0.572. The average molecular weight is 401 g/mol. The van der Waals surface area contributed by atoms with Gasteiger partial charge in [0.1, 0.15) is 12.1 Å². The number of anilines is 1.